The number of hydrogen-bond acceptors (Lipinski definition) is 5. The highest BCUT2D eigenvalue weighted by Crippen LogP contribution is 2.28. The van der Waals surface area contributed by atoms with Crippen molar-refractivity contribution in [2.24, 2.45) is 11.7 Å². The number of nitrogens with two attached hydrogens (primary N) is 1. The van der Waals surface area contributed by atoms with Gasteiger partial charge in [0.25, 0.3) is 0 Å². The molecule has 0 aliphatic rings. The zero-order chi connectivity index (χ0) is 13.7. The molecular formula is C11H11N3O4. The van der Waals surface area contributed by atoms with Gasteiger partial charge in [0.2, 0.25) is 5.91 Å². The average molecular weight is 249 g/mol. The first-order chi connectivity index (χ1) is 8.45. The summed E-state index contributed by atoms with van der Waals surface area (Å²) in [6, 6.07) is 5.64. The number of carbonyl (C=O) groups excluding carboxylic acids is 1. The Bertz CT molecular complexity index is 522. The van der Waals surface area contributed by atoms with Crippen molar-refractivity contribution in [3.05, 3.63) is 33.9 Å². The SMILES string of the molecule is CC(COc1ccc(C#N)cc1[N+](=O)[O-])C(N)=O. The number of ether oxygens (including phenoxy) is 1. The molecule has 0 bridgehead atoms. The maximum atomic E-state index is 10.8. The van der Waals surface area contributed by atoms with E-state index in [1.54, 1.807) is 13.0 Å². The lowest BCUT2D eigenvalue weighted by atomic mass is 10.2. The van der Waals surface area contributed by atoms with Crippen molar-refractivity contribution in [2.75, 3.05) is 6.61 Å². The first-order valence-corrected chi connectivity index (χ1v) is 5.06. The fourth-order valence-corrected chi connectivity index (χ4v) is 1.15. The van der Waals surface area contributed by atoms with Crippen molar-refractivity contribution in [1.82, 2.24) is 0 Å². The molecule has 1 unspecified atom stereocenters. The number of hydrogen-bond donors (Lipinski definition) is 1. The Morgan fingerprint density at radius 2 is 2.33 bits per heavy atom. The van der Waals surface area contributed by atoms with Gasteiger partial charge >= 0.3 is 5.69 Å². The molecule has 1 aromatic carbocycles. The third kappa shape index (κ3) is 3.18. The molecule has 0 aliphatic heterocycles. The van der Waals surface area contributed by atoms with Gasteiger partial charge in [0, 0.05) is 6.07 Å². The monoisotopic (exact) mass is 249 g/mol. The largest absolute Gasteiger partial charge is 0.486 e. The molecular weight excluding hydrogens is 238 g/mol. The van der Waals surface area contributed by atoms with E-state index in [1.165, 1.54) is 12.1 Å². The van der Waals surface area contributed by atoms with Gasteiger partial charge in [-0.15, -0.1) is 0 Å². The normalized spacial score (nSPS) is 11.3. The Hall–Kier alpha value is -2.62. The van der Waals surface area contributed by atoms with Gasteiger partial charge in [-0.25, -0.2) is 0 Å². The van der Waals surface area contributed by atoms with Crippen LogP contribution in [0, 0.1) is 27.4 Å². The van der Waals surface area contributed by atoms with E-state index in [-0.39, 0.29) is 23.6 Å². The van der Waals surface area contributed by atoms with Gasteiger partial charge in [0.05, 0.1) is 29.1 Å². The summed E-state index contributed by atoms with van der Waals surface area (Å²) in [4.78, 5) is 21.0. The van der Waals surface area contributed by atoms with Gasteiger partial charge in [0.15, 0.2) is 5.75 Å². The summed E-state index contributed by atoms with van der Waals surface area (Å²) in [7, 11) is 0. The molecule has 18 heavy (non-hydrogen) atoms. The number of nitrogens with zero attached hydrogens (tertiary/aromatic N) is 2. The van der Waals surface area contributed by atoms with Gasteiger partial charge in [0.1, 0.15) is 0 Å². The second-order valence-corrected chi connectivity index (χ2v) is 3.67. The second kappa shape index (κ2) is 5.63. The van der Waals surface area contributed by atoms with E-state index < -0.39 is 16.7 Å². The number of carbonyl (C=O) groups is 1. The second-order valence-electron chi connectivity index (χ2n) is 3.67. The lowest BCUT2D eigenvalue weighted by Crippen LogP contribution is -2.25. The summed E-state index contributed by atoms with van der Waals surface area (Å²) >= 11 is 0. The predicted molar refractivity (Wildman–Crippen MR) is 61.7 cm³/mol. The first-order valence-electron chi connectivity index (χ1n) is 5.06. The van der Waals surface area contributed by atoms with E-state index in [1.807, 2.05) is 0 Å². The van der Waals surface area contributed by atoms with Crippen LogP contribution in [0.2, 0.25) is 0 Å². The van der Waals surface area contributed by atoms with E-state index in [9.17, 15) is 14.9 Å². The molecule has 0 saturated carbocycles. The van der Waals surface area contributed by atoms with Crippen LogP contribution in [-0.4, -0.2) is 17.4 Å². The highest BCUT2D eigenvalue weighted by molar-refractivity contribution is 5.76. The predicted octanol–water partition coefficient (Wildman–Crippen LogP) is 0.967. The molecule has 0 radical (unpaired) electrons. The summed E-state index contributed by atoms with van der Waals surface area (Å²) in [5, 5.41) is 19.4. The zero-order valence-electron chi connectivity index (χ0n) is 9.62. The van der Waals surface area contributed by atoms with Crippen LogP contribution in [0.15, 0.2) is 18.2 Å². The molecule has 0 saturated heterocycles. The number of amides is 1. The Morgan fingerprint density at radius 3 is 2.83 bits per heavy atom. The standard InChI is InChI=1S/C11H11N3O4/c1-7(11(13)15)6-18-10-3-2-8(5-12)4-9(10)14(16)17/h2-4,7H,6H2,1H3,(H2,13,15). The molecule has 2 N–H and O–H groups in total. The van der Waals surface area contributed by atoms with Crippen LogP contribution in [-0.2, 0) is 4.79 Å². The number of primary amides is 1. The first kappa shape index (κ1) is 13.4. The van der Waals surface area contributed by atoms with Crippen LogP contribution >= 0.6 is 0 Å². The molecule has 94 valence electrons. The van der Waals surface area contributed by atoms with Crippen molar-refractivity contribution in [3.8, 4) is 11.8 Å². The van der Waals surface area contributed by atoms with Gasteiger partial charge in [-0.2, -0.15) is 5.26 Å². The van der Waals surface area contributed by atoms with Gasteiger partial charge < -0.3 is 10.5 Å². The zero-order valence-corrected chi connectivity index (χ0v) is 9.62. The van der Waals surface area contributed by atoms with Crippen LogP contribution in [0.5, 0.6) is 5.75 Å². The fourth-order valence-electron chi connectivity index (χ4n) is 1.15. The van der Waals surface area contributed by atoms with Crippen molar-refractivity contribution < 1.29 is 14.5 Å². The minimum atomic E-state index is -0.648. The molecule has 7 nitrogen and oxygen atoms in total. The van der Waals surface area contributed by atoms with Crippen molar-refractivity contribution in [3.63, 3.8) is 0 Å². The highest BCUT2D eigenvalue weighted by atomic mass is 16.6. The van der Waals surface area contributed by atoms with Crippen LogP contribution in [0.1, 0.15) is 12.5 Å². The third-order valence-electron chi connectivity index (χ3n) is 2.26. The molecule has 0 spiro atoms. The van der Waals surface area contributed by atoms with Crippen LogP contribution < -0.4 is 10.5 Å². The summed E-state index contributed by atoms with van der Waals surface area (Å²) in [6.45, 7) is 1.50. The smallest absolute Gasteiger partial charge is 0.312 e. The lowest BCUT2D eigenvalue weighted by Gasteiger charge is -2.10. The molecule has 1 amide bonds. The fraction of sp³-hybridized carbons (Fsp3) is 0.273. The van der Waals surface area contributed by atoms with E-state index in [4.69, 9.17) is 15.7 Å². The summed E-state index contributed by atoms with van der Waals surface area (Å²) in [6.07, 6.45) is 0. The van der Waals surface area contributed by atoms with E-state index in [0.717, 1.165) is 6.07 Å². The minimum Gasteiger partial charge on any atom is -0.486 e. The number of nitriles is 1. The number of benzene rings is 1. The van der Waals surface area contributed by atoms with Crippen LogP contribution in [0.25, 0.3) is 0 Å². The van der Waals surface area contributed by atoms with Crippen molar-refractivity contribution >= 4 is 11.6 Å². The highest BCUT2D eigenvalue weighted by Gasteiger charge is 2.18. The summed E-state index contributed by atoms with van der Waals surface area (Å²) < 4.78 is 5.17. The topological polar surface area (TPSA) is 119 Å². The number of rotatable bonds is 5. The molecule has 0 aromatic heterocycles. The maximum absolute atomic E-state index is 10.8. The maximum Gasteiger partial charge on any atom is 0.312 e. The number of nitro groups is 1. The van der Waals surface area contributed by atoms with Crippen molar-refractivity contribution in [1.29, 1.82) is 5.26 Å². The van der Waals surface area contributed by atoms with Gasteiger partial charge in [-0.3, -0.25) is 14.9 Å². The Balaban J connectivity index is 2.92. The molecule has 0 aliphatic carbocycles. The molecule has 0 heterocycles. The Labute approximate surface area is 103 Å². The van der Waals surface area contributed by atoms with Crippen molar-refractivity contribution in [2.45, 2.75) is 6.92 Å². The van der Waals surface area contributed by atoms with Gasteiger partial charge in [-0.1, -0.05) is 6.92 Å². The molecule has 7 heteroatoms. The average Bonchev–Trinajstić information content (AvgIpc) is 2.35. The quantitative estimate of drug-likeness (QED) is 0.615. The Kier molecular flexibility index (Phi) is 4.21. The van der Waals surface area contributed by atoms with Crippen LogP contribution in [0.3, 0.4) is 0 Å². The summed E-state index contributed by atoms with van der Waals surface area (Å²) in [5.74, 6) is -1.10. The van der Waals surface area contributed by atoms with E-state index in [0.29, 0.717) is 0 Å². The Morgan fingerprint density at radius 1 is 1.67 bits per heavy atom. The van der Waals surface area contributed by atoms with Crippen LogP contribution in [0.4, 0.5) is 5.69 Å². The molecule has 1 rings (SSSR count). The lowest BCUT2D eigenvalue weighted by molar-refractivity contribution is -0.385. The minimum absolute atomic E-state index is 0.00657. The third-order valence-corrected chi connectivity index (χ3v) is 2.26. The molecule has 1 atom stereocenters. The molecule has 1 aromatic rings. The van der Waals surface area contributed by atoms with E-state index >= 15 is 0 Å². The van der Waals surface area contributed by atoms with Gasteiger partial charge in [-0.05, 0) is 12.1 Å². The molecule has 0 fully saturated rings. The number of nitro benzene ring substituents is 1. The van der Waals surface area contributed by atoms with E-state index in [2.05, 4.69) is 0 Å². The summed E-state index contributed by atoms with van der Waals surface area (Å²) in [5.41, 5.74) is 4.90.